The second-order valence-electron chi connectivity index (χ2n) is 5.47. The summed E-state index contributed by atoms with van der Waals surface area (Å²) in [6.07, 6.45) is 0.556. The number of sulfonamides is 1. The highest BCUT2D eigenvalue weighted by molar-refractivity contribution is 7.89. The van der Waals surface area contributed by atoms with Gasteiger partial charge in [-0.05, 0) is 27.2 Å². The summed E-state index contributed by atoms with van der Waals surface area (Å²) in [6.45, 7) is 6.46. The van der Waals surface area contributed by atoms with Crippen LogP contribution < -0.4 is 5.32 Å². The van der Waals surface area contributed by atoms with Crippen LogP contribution in [0.1, 0.15) is 30.4 Å². The van der Waals surface area contributed by atoms with Gasteiger partial charge in [0.05, 0.1) is 18.0 Å². The van der Waals surface area contributed by atoms with Crippen molar-refractivity contribution >= 4 is 16.1 Å². The van der Waals surface area contributed by atoms with E-state index in [0.717, 1.165) is 11.3 Å². The Balaban J connectivity index is 2.37. The zero-order chi connectivity index (χ0) is 17.6. The van der Waals surface area contributed by atoms with E-state index in [-0.39, 0.29) is 11.8 Å². The number of aromatic nitrogens is 1. The van der Waals surface area contributed by atoms with Crippen molar-refractivity contribution in [1.29, 1.82) is 0 Å². The highest BCUT2D eigenvalue weighted by Crippen LogP contribution is 2.14. The fourth-order valence-electron chi connectivity index (χ4n) is 2.03. The topological polar surface area (TPSA) is 95.8 Å². The van der Waals surface area contributed by atoms with Crippen LogP contribution >= 0.6 is 0 Å². The summed E-state index contributed by atoms with van der Waals surface area (Å²) in [7, 11) is 0.0690. The van der Waals surface area contributed by atoms with Crippen molar-refractivity contribution in [2.75, 3.05) is 32.9 Å². The monoisotopic (exact) mass is 346 g/mol. The number of carbonyl (C=O) groups excluding carboxylic acids is 1. The van der Waals surface area contributed by atoms with Gasteiger partial charge in [0, 0.05) is 32.7 Å². The summed E-state index contributed by atoms with van der Waals surface area (Å²) < 4.78 is 29.6. The molecule has 0 bridgehead atoms. The molecule has 1 aromatic rings. The minimum absolute atomic E-state index is 0.0794. The Bertz CT molecular complexity index is 607. The standard InChI is InChI=1S/C14H26N4O4S/c1-6-23(20,21)18(5)9-7-8-15-14(19)17(4)10-13-11(2)16-22-12(13)3/h6-10H2,1-5H3,(H,15,19). The van der Waals surface area contributed by atoms with Crippen LogP contribution in [-0.4, -0.2) is 61.7 Å². The van der Waals surface area contributed by atoms with Crippen molar-refractivity contribution in [2.45, 2.75) is 33.7 Å². The average molecular weight is 346 g/mol. The van der Waals surface area contributed by atoms with Crippen molar-refractivity contribution in [3.05, 3.63) is 17.0 Å². The number of carbonyl (C=O) groups is 1. The van der Waals surface area contributed by atoms with Gasteiger partial charge in [-0.25, -0.2) is 17.5 Å². The van der Waals surface area contributed by atoms with Crippen LogP contribution in [0.15, 0.2) is 4.52 Å². The van der Waals surface area contributed by atoms with Gasteiger partial charge < -0.3 is 14.7 Å². The van der Waals surface area contributed by atoms with E-state index in [0.29, 0.717) is 31.8 Å². The largest absolute Gasteiger partial charge is 0.361 e. The predicted octanol–water partition coefficient (Wildman–Crippen LogP) is 1.10. The molecular weight excluding hydrogens is 320 g/mol. The molecule has 0 aliphatic carbocycles. The first-order chi connectivity index (χ1) is 10.7. The summed E-state index contributed by atoms with van der Waals surface area (Å²) >= 11 is 0. The molecule has 0 unspecified atom stereocenters. The Morgan fingerprint density at radius 1 is 1.30 bits per heavy atom. The third kappa shape index (κ3) is 5.51. The molecule has 0 aliphatic heterocycles. The highest BCUT2D eigenvalue weighted by Gasteiger charge is 2.16. The lowest BCUT2D eigenvalue weighted by Gasteiger charge is -2.19. The summed E-state index contributed by atoms with van der Waals surface area (Å²) in [4.78, 5) is 13.6. The van der Waals surface area contributed by atoms with Crippen molar-refractivity contribution in [3.8, 4) is 0 Å². The molecule has 0 saturated heterocycles. The molecule has 9 heteroatoms. The summed E-state index contributed by atoms with van der Waals surface area (Å²) in [5.41, 5.74) is 1.67. The second-order valence-corrected chi connectivity index (χ2v) is 7.83. The third-order valence-corrected chi connectivity index (χ3v) is 5.55. The Hall–Kier alpha value is -1.61. The Morgan fingerprint density at radius 3 is 2.48 bits per heavy atom. The fourth-order valence-corrected chi connectivity index (χ4v) is 2.88. The van der Waals surface area contributed by atoms with Crippen LogP contribution in [0.25, 0.3) is 0 Å². The van der Waals surface area contributed by atoms with E-state index in [1.165, 1.54) is 4.31 Å². The molecule has 0 spiro atoms. The normalized spacial score (nSPS) is 11.7. The van der Waals surface area contributed by atoms with Crippen molar-refractivity contribution in [2.24, 2.45) is 0 Å². The molecule has 0 radical (unpaired) electrons. The van der Waals surface area contributed by atoms with Gasteiger partial charge in [-0.2, -0.15) is 0 Å². The van der Waals surface area contributed by atoms with Gasteiger partial charge in [-0.15, -0.1) is 0 Å². The summed E-state index contributed by atoms with van der Waals surface area (Å²) in [6, 6.07) is -0.217. The number of nitrogens with one attached hydrogen (secondary N) is 1. The number of aryl methyl sites for hydroxylation is 2. The number of rotatable bonds is 8. The van der Waals surface area contributed by atoms with Gasteiger partial charge in [0.15, 0.2) is 0 Å². The van der Waals surface area contributed by atoms with Crippen LogP contribution in [0.4, 0.5) is 4.79 Å². The maximum absolute atomic E-state index is 12.0. The van der Waals surface area contributed by atoms with Gasteiger partial charge >= 0.3 is 6.03 Å². The molecule has 1 rings (SSSR count). The van der Waals surface area contributed by atoms with Crippen LogP contribution in [0, 0.1) is 13.8 Å². The van der Waals surface area contributed by atoms with Crippen LogP contribution in [0.2, 0.25) is 0 Å². The minimum atomic E-state index is -3.17. The SMILES string of the molecule is CCS(=O)(=O)N(C)CCCNC(=O)N(C)Cc1c(C)noc1C. The number of urea groups is 1. The van der Waals surface area contributed by atoms with Gasteiger partial charge in [-0.3, -0.25) is 0 Å². The first kappa shape index (κ1) is 19.4. The van der Waals surface area contributed by atoms with Crippen LogP contribution in [-0.2, 0) is 16.6 Å². The Labute approximate surface area is 137 Å². The fraction of sp³-hybridized carbons (Fsp3) is 0.714. The van der Waals surface area contributed by atoms with E-state index >= 15 is 0 Å². The Kier molecular flexibility index (Phi) is 7.01. The van der Waals surface area contributed by atoms with E-state index in [9.17, 15) is 13.2 Å². The molecule has 1 heterocycles. The molecule has 0 atom stereocenters. The zero-order valence-corrected chi connectivity index (χ0v) is 15.2. The quantitative estimate of drug-likeness (QED) is 0.711. The first-order valence-electron chi connectivity index (χ1n) is 7.53. The van der Waals surface area contributed by atoms with Crippen molar-refractivity contribution in [3.63, 3.8) is 0 Å². The third-order valence-electron chi connectivity index (χ3n) is 3.69. The summed E-state index contributed by atoms with van der Waals surface area (Å²) in [5.74, 6) is 0.782. The van der Waals surface area contributed by atoms with Gasteiger partial charge in [-0.1, -0.05) is 5.16 Å². The number of amides is 2. The van der Waals surface area contributed by atoms with E-state index in [2.05, 4.69) is 10.5 Å². The molecule has 1 N–H and O–H groups in total. The van der Waals surface area contributed by atoms with E-state index in [1.54, 1.807) is 25.9 Å². The first-order valence-corrected chi connectivity index (χ1v) is 9.14. The molecule has 2 amide bonds. The van der Waals surface area contributed by atoms with Gasteiger partial charge in [0.2, 0.25) is 10.0 Å². The molecule has 132 valence electrons. The Morgan fingerprint density at radius 2 is 1.96 bits per heavy atom. The molecule has 23 heavy (non-hydrogen) atoms. The van der Waals surface area contributed by atoms with E-state index in [4.69, 9.17) is 4.52 Å². The highest BCUT2D eigenvalue weighted by atomic mass is 32.2. The lowest BCUT2D eigenvalue weighted by atomic mass is 10.2. The summed E-state index contributed by atoms with van der Waals surface area (Å²) in [5, 5.41) is 6.63. The zero-order valence-electron chi connectivity index (χ0n) is 14.4. The number of hydrogen-bond donors (Lipinski definition) is 1. The molecule has 0 aromatic carbocycles. The second kappa shape index (κ2) is 8.30. The van der Waals surface area contributed by atoms with Crippen molar-refractivity contribution in [1.82, 2.24) is 19.7 Å². The van der Waals surface area contributed by atoms with Gasteiger partial charge in [0.1, 0.15) is 5.76 Å². The number of nitrogens with zero attached hydrogens (tertiary/aromatic N) is 3. The predicted molar refractivity (Wildman–Crippen MR) is 87.6 cm³/mol. The van der Waals surface area contributed by atoms with Crippen LogP contribution in [0.3, 0.4) is 0 Å². The van der Waals surface area contributed by atoms with E-state index in [1.807, 2.05) is 13.8 Å². The lowest BCUT2D eigenvalue weighted by Crippen LogP contribution is -2.38. The smallest absolute Gasteiger partial charge is 0.317 e. The molecular formula is C14H26N4O4S. The number of hydrogen-bond acceptors (Lipinski definition) is 5. The lowest BCUT2D eigenvalue weighted by molar-refractivity contribution is 0.206. The van der Waals surface area contributed by atoms with E-state index < -0.39 is 10.0 Å². The van der Waals surface area contributed by atoms with Crippen molar-refractivity contribution < 1.29 is 17.7 Å². The van der Waals surface area contributed by atoms with Gasteiger partial charge in [0.25, 0.3) is 0 Å². The molecule has 0 aliphatic rings. The molecule has 0 fully saturated rings. The average Bonchev–Trinajstić information content (AvgIpc) is 2.82. The molecule has 8 nitrogen and oxygen atoms in total. The molecule has 0 saturated carbocycles. The maximum atomic E-state index is 12.0. The van der Waals surface area contributed by atoms with Crippen LogP contribution in [0.5, 0.6) is 0 Å². The minimum Gasteiger partial charge on any atom is -0.361 e. The molecule has 1 aromatic heterocycles. The maximum Gasteiger partial charge on any atom is 0.317 e.